The van der Waals surface area contributed by atoms with E-state index in [0.29, 0.717) is 18.6 Å². The Morgan fingerprint density at radius 1 is 1.23 bits per heavy atom. The molecule has 1 aliphatic carbocycles. The van der Waals surface area contributed by atoms with Crippen LogP contribution in [0.5, 0.6) is 0 Å². The molecule has 1 aliphatic rings. The van der Waals surface area contributed by atoms with E-state index >= 15 is 0 Å². The van der Waals surface area contributed by atoms with Crippen molar-refractivity contribution in [3.05, 3.63) is 58.4 Å². The summed E-state index contributed by atoms with van der Waals surface area (Å²) in [6, 6.07) is 4.65. The Morgan fingerprint density at radius 2 is 1.85 bits per heavy atom. The number of hydrogen-bond donors (Lipinski definition) is 4. The third kappa shape index (κ3) is 6.55. The first kappa shape index (κ1) is 31.7. The van der Waals surface area contributed by atoms with Crippen LogP contribution in [-0.4, -0.2) is 58.8 Å². The molecule has 4 N–H and O–H groups in total. The zero-order valence-electron chi connectivity index (χ0n) is 21.4. The molecule has 6 atom stereocenters. The molecule has 3 rings (SSSR count). The van der Waals surface area contributed by atoms with Gasteiger partial charge in [0.25, 0.3) is 5.91 Å². The maximum Gasteiger partial charge on any atom is 0.255 e. The number of halogens is 4. The lowest BCUT2D eigenvalue weighted by molar-refractivity contribution is -0.160. The molecule has 0 spiro atoms. The number of rotatable bonds is 9. The molecule has 0 aromatic heterocycles. The second-order valence-electron chi connectivity index (χ2n) is 9.70. The Balaban J connectivity index is 1.88. The Hall–Kier alpha value is -1.87. The van der Waals surface area contributed by atoms with Gasteiger partial charge in [-0.05, 0) is 42.9 Å². The van der Waals surface area contributed by atoms with Crippen LogP contribution in [0.25, 0.3) is 0 Å². The summed E-state index contributed by atoms with van der Waals surface area (Å²) in [6.07, 6.45) is 0.395. The first-order valence-corrected chi connectivity index (χ1v) is 15.6. The fraction of sp³-hybridized carbons (Fsp3) is 0.480. The number of benzene rings is 2. The molecule has 2 aromatic rings. The number of carbonyl (C=O) groups excluding carboxylic acids is 1. The summed E-state index contributed by atoms with van der Waals surface area (Å²) in [7, 11) is -4.16. The molecule has 2 aromatic carbocycles. The van der Waals surface area contributed by atoms with Crippen LogP contribution in [0.3, 0.4) is 0 Å². The molecule has 0 aliphatic heterocycles. The first-order valence-electron chi connectivity index (χ1n) is 12.1. The lowest BCUT2D eigenvalue weighted by Gasteiger charge is -2.49. The number of anilines is 1. The van der Waals surface area contributed by atoms with E-state index in [9.17, 15) is 41.1 Å². The SMILES string of the molecule is CCC1C[C@@H](S(=O)(=O)c2cc(C(=O)Nc3cc(F)c(F)c(F)c3)ccc2Cl)C[C@H](C)[C@@]1(O)C(O)CN[S+](C)[O-]. The molecule has 0 saturated heterocycles. The van der Waals surface area contributed by atoms with E-state index in [1.165, 1.54) is 18.4 Å². The highest BCUT2D eigenvalue weighted by atomic mass is 35.5. The molecule has 1 amide bonds. The monoisotopic (exact) mass is 610 g/mol. The Labute approximate surface area is 233 Å². The quantitative estimate of drug-likeness (QED) is 0.251. The van der Waals surface area contributed by atoms with E-state index in [2.05, 4.69) is 10.0 Å². The molecule has 39 heavy (non-hydrogen) atoms. The number of sulfone groups is 1. The summed E-state index contributed by atoms with van der Waals surface area (Å²) in [6.45, 7) is 3.24. The molecule has 14 heteroatoms. The van der Waals surface area contributed by atoms with Crippen LogP contribution in [0, 0.1) is 29.3 Å². The van der Waals surface area contributed by atoms with Gasteiger partial charge >= 0.3 is 0 Å². The van der Waals surface area contributed by atoms with Gasteiger partial charge in [0.1, 0.15) is 6.26 Å². The Bertz CT molecular complexity index is 1310. The van der Waals surface area contributed by atoms with Crippen molar-refractivity contribution in [2.24, 2.45) is 11.8 Å². The van der Waals surface area contributed by atoms with E-state index in [1.54, 1.807) is 13.8 Å². The summed E-state index contributed by atoms with van der Waals surface area (Å²) in [4.78, 5) is 12.4. The average molecular weight is 611 g/mol. The van der Waals surface area contributed by atoms with Crippen molar-refractivity contribution in [2.75, 3.05) is 18.1 Å². The van der Waals surface area contributed by atoms with E-state index in [1.807, 2.05) is 0 Å². The summed E-state index contributed by atoms with van der Waals surface area (Å²) >= 11 is 4.81. The fourth-order valence-corrected chi connectivity index (χ4v) is 8.02. The van der Waals surface area contributed by atoms with Crippen molar-refractivity contribution in [2.45, 2.75) is 55.0 Å². The molecular weight excluding hydrogens is 581 g/mol. The number of amides is 1. The van der Waals surface area contributed by atoms with Crippen LogP contribution in [0.4, 0.5) is 18.9 Å². The summed E-state index contributed by atoms with van der Waals surface area (Å²) < 4.78 is 81.7. The molecular formula is C25H30ClF3N2O6S2. The van der Waals surface area contributed by atoms with Gasteiger partial charge in [0, 0.05) is 34.7 Å². The molecule has 8 nitrogen and oxygen atoms in total. The average Bonchev–Trinajstić information content (AvgIpc) is 2.87. The summed E-state index contributed by atoms with van der Waals surface area (Å²) in [5, 5.41) is 23.2. The van der Waals surface area contributed by atoms with Gasteiger partial charge in [-0.3, -0.25) is 4.79 Å². The van der Waals surface area contributed by atoms with Crippen molar-refractivity contribution in [1.82, 2.24) is 4.72 Å². The van der Waals surface area contributed by atoms with Gasteiger partial charge in [-0.2, -0.15) is 0 Å². The second kappa shape index (κ2) is 12.3. The maximum atomic E-state index is 13.7. The van der Waals surface area contributed by atoms with Crippen LogP contribution in [0.1, 0.15) is 43.5 Å². The van der Waals surface area contributed by atoms with Crippen molar-refractivity contribution in [3.8, 4) is 0 Å². The minimum absolute atomic E-state index is 0.00711. The Morgan fingerprint density at radius 3 is 2.41 bits per heavy atom. The molecule has 216 valence electrons. The smallest absolute Gasteiger partial charge is 0.255 e. The van der Waals surface area contributed by atoms with E-state index < -0.39 is 73.3 Å². The van der Waals surface area contributed by atoms with Gasteiger partial charge in [0.2, 0.25) is 0 Å². The third-order valence-electron chi connectivity index (χ3n) is 7.29. The first-order chi connectivity index (χ1) is 18.1. The Kier molecular flexibility index (Phi) is 10.0. The van der Waals surface area contributed by atoms with Gasteiger partial charge in [-0.25, -0.2) is 21.6 Å². The number of hydrogen-bond acceptors (Lipinski definition) is 7. The molecule has 3 unspecified atom stereocenters. The van der Waals surface area contributed by atoms with E-state index in [-0.39, 0.29) is 40.6 Å². The predicted molar refractivity (Wildman–Crippen MR) is 142 cm³/mol. The standard InChI is InChI=1S/C25H30ClF3N2O6S2/c1-4-15-9-17(7-13(2)25(15,34)22(32)12-30-38(3)35)39(36,37)21-8-14(5-6-18(21)26)24(33)31-16-10-19(27)23(29)20(28)11-16/h5-6,8,10-11,13,15,17,22,30,32,34H,4,7,9,12H2,1-3H3,(H,31,33)/t13-,15?,17-,22?,25-,38?/m0/s1. The highest BCUT2D eigenvalue weighted by Crippen LogP contribution is 2.46. The number of nitrogens with one attached hydrogen (secondary N) is 2. The van der Waals surface area contributed by atoms with Crippen molar-refractivity contribution in [1.29, 1.82) is 0 Å². The lowest BCUT2D eigenvalue weighted by Crippen LogP contribution is -2.61. The topological polar surface area (TPSA) is 139 Å². The van der Waals surface area contributed by atoms with Gasteiger partial charge < -0.3 is 20.1 Å². The van der Waals surface area contributed by atoms with Gasteiger partial charge in [-0.15, -0.1) is 4.72 Å². The van der Waals surface area contributed by atoms with E-state index in [4.69, 9.17) is 11.6 Å². The van der Waals surface area contributed by atoms with Gasteiger partial charge in [0.15, 0.2) is 27.3 Å². The minimum atomic E-state index is -4.16. The molecule has 0 radical (unpaired) electrons. The van der Waals surface area contributed by atoms with Crippen LogP contribution < -0.4 is 10.0 Å². The number of carbonyl (C=O) groups is 1. The van der Waals surface area contributed by atoms with Crippen LogP contribution in [0.2, 0.25) is 5.02 Å². The summed E-state index contributed by atoms with van der Waals surface area (Å²) in [5.41, 5.74) is -2.19. The van der Waals surface area contributed by atoms with E-state index in [0.717, 1.165) is 6.07 Å². The summed E-state index contributed by atoms with van der Waals surface area (Å²) in [5.74, 6) is -6.93. The van der Waals surface area contributed by atoms with Crippen LogP contribution >= 0.6 is 11.6 Å². The fourth-order valence-electron chi connectivity index (χ4n) is 5.17. The number of aliphatic hydroxyl groups excluding tert-OH is 1. The normalized spacial score (nSPS) is 25.2. The van der Waals surface area contributed by atoms with Crippen molar-refractivity contribution in [3.63, 3.8) is 0 Å². The zero-order chi connectivity index (χ0) is 29.3. The minimum Gasteiger partial charge on any atom is -0.598 e. The van der Waals surface area contributed by atoms with Crippen molar-refractivity contribution >= 4 is 44.4 Å². The third-order valence-corrected chi connectivity index (χ3v) is 10.5. The maximum absolute atomic E-state index is 13.7. The molecule has 0 bridgehead atoms. The zero-order valence-corrected chi connectivity index (χ0v) is 23.8. The lowest BCUT2D eigenvalue weighted by atomic mass is 9.65. The number of aliphatic hydroxyl groups is 2. The van der Waals surface area contributed by atoms with Crippen LogP contribution in [-0.2, 0) is 21.2 Å². The molecule has 1 saturated carbocycles. The largest absolute Gasteiger partial charge is 0.598 e. The molecule has 0 heterocycles. The second-order valence-corrected chi connectivity index (χ2v) is 13.5. The molecule has 1 fully saturated rings. The van der Waals surface area contributed by atoms with Gasteiger partial charge in [0.05, 0.1) is 33.4 Å². The van der Waals surface area contributed by atoms with Gasteiger partial charge in [-0.1, -0.05) is 31.9 Å². The predicted octanol–water partition coefficient (Wildman–Crippen LogP) is 3.58. The highest BCUT2D eigenvalue weighted by molar-refractivity contribution is 7.92. The van der Waals surface area contributed by atoms with Crippen molar-refractivity contribution < 1.29 is 41.1 Å². The van der Waals surface area contributed by atoms with Crippen LogP contribution in [0.15, 0.2) is 35.2 Å². The highest BCUT2D eigenvalue weighted by Gasteiger charge is 2.53.